The zero-order valence-electron chi connectivity index (χ0n) is 11.7. The van der Waals surface area contributed by atoms with Crippen molar-refractivity contribution in [1.82, 2.24) is 15.1 Å². The maximum atomic E-state index is 5.74. The zero-order chi connectivity index (χ0) is 12.5. The summed E-state index contributed by atoms with van der Waals surface area (Å²) in [7, 11) is 6.40. The van der Waals surface area contributed by atoms with Crippen LogP contribution in [0.25, 0.3) is 0 Å². The van der Waals surface area contributed by atoms with Crippen LogP contribution >= 0.6 is 0 Å². The molecule has 0 aromatic heterocycles. The molecule has 0 aromatic rings. The minimum atomic E-state index is 0.468. The molecule has 1 unspecified atom stereocenters. The number of hydrogen-bond donors (Lipinski definition) is 1. The van der Waals surface area contributed by atoms with E-state index in [4.69, 9.17) is 4.74 Å². The number of likely N-dealkylation sites (N-methyl/N-ethyl adjacent to an activating group) is 2. The molecule has 0 aliphatic carbocycles. The van der Waals surface area contributed by atoms with Crippen LogP contribution < -0.4 is 5.32 Å². The SMILES string of the molecule is CN(C)CCNCCN(C)CC1CCCCO1. The summed E-state index contributed by atoms with van der Waals surface area (Å²) < 4.78 is 5.74. The highest BCUT2D eigenvalue weighted by Gasteiger charge is 2.15. The predicted molar refractivity (Wildman–Crippen MR) is 72.5 cm³/mol. The van der Waals surface area contributed by atoms with E-state index in [0.717, 1.165) is 39.3 Å². The molecule has 1 fully saturated rings. The van der Waals surface area contributed by atoms with Gasteiger partial charge in [0.05, 0.1) is 6.10 Å². The van der Waals surface area contributed by atoms with E-state index in [1.54, 1.807) is 0 Å². The van der Waals surface area contributed by atoms with Crippen LogP contribution in [0, 0.1) is 0 Å². The first-order chi connectivity index (χ1) is 8.18. The van der Waals surface area contributed by atoms with Crippen molar-refractivity contribution in [3.8, 4) is 0 Å². The van der Waals surface area contributed by atoms with E-state index in [1.165, 1.54) is 19.3 Å². The van der Waals surface area contributed by atoms with Crippen LogP contribution in [0.4, 0.5) is 0 Å². The fourth-order valence-corrected chi connectivity index (χ4v) is 2.09. The molecular formula is C13H29N3O. The van der Waals surface area contributed by atoms with Gasteiger partial charge in [-0.05, 0) is 40.4 Å². The number of ether oxygens (including phenoxy) is 1. The molecule has 1 rings (SSSR count). The minimum absolute atomic E-state index is 0.468. The first kappa shape index (κ1) is 14.9. The molecule has 1 saturated heterocycles. The first-order valence-electron chi connectivity index (χ1n) is 6.84. The maximum Gasteiger partial charge on any atom is 0.0701 e. The molecule has 0 bridgehead atoms. The fourth-order valence-electron chi connectivity index (χ4n) is 2.09. The molecule has 1 N–H and O–H groups in total. The van der Waals surface area contributed by atoms with Crippen molar-refractivity contribution in [3.63, 3.8) is 0 Å². The lowest BCUT2D eigenvalue weighted by Gasteiger charge is -2.27. The van der Waals surface area contributed by atoms with Crippen LogP contribution in [-0.4, -0.2) is 76.4 Å². The maximum absolute atomic E-state index is 5.74. The summed E-state index contributed by atoms with van der Waals surface area (Å²) in [6.07, 6.45) is 4.28. The molecule has 1 aliphatic heterocycles. The van der Waals surface area contributed by atoms with Crippen LogP contribution in [0.1, 0.15) is 19.3 Å². The molecule has 1 aliphatic rings. The van der Waals surface area contributed by atoms with Crippen molar-refractivity contribution in [2.75, 3.05) is 60.5 Å². The van der Waals surface area contributed by atoms with Crippen molar-refractivity contribution in [2.45, 2.75) is 25.4 Å². The molecule has 4 nitrogen and oxygen atoms in total. The average molecular weight is 243 g/mol. The molecular weight excluding hydrogens is 214 g/mol. The average Bonchev–Trinajstić information content (AvgIpc) is 2.29. The molecule has 4 heteroatoms. The summed E-state index contributed by atoms with van der Waals surface area (Å²) >= 11 is 0. The Morgan fingerprint density at radius 2 is 1.88 bits per heavy atom. The van der Waals surface area contributed by atoms with Crippen LogP contribution in [0.5, 0.6) is 0 Å². The number of nitrogens with zero attached hydrogens (tertiary/aromatic N) is 2. The summed E-state index contributed by atoms with van der Waals surface area (Å²) in [5.41, 5.74) is 0. The van der Waals surface area contributed by atoms with Gasteiger partial charge < -0.3 is 19.9 Å². The topological polar surface area (TPSA) is 27.7 Å². The summed E-state index contributed by atoms with van der Waals surface area (Å²) in [6.45, 7) is 6.38. The van der Waals surface area contributed by atoms with E-state index in [9.17, 15) is 0 Å². The largest absolute Gasteiger partial charge is 0.377 e. The van der Waals surface area contributed by atoms with Crippen LogP contribution in [0.2, 0.25) is 0 Å². The van der Waals surface area contributed by atoms with Crippen molar-refractivity contribution < 1.29 is 4.74 Å². The molecule has 0 saturated carbocycles. The van der Waals surface area contributed by atoms with E-state index < -0.39 is 0 Å². The lowest BCUT2D eigenvalue weighted by Crippen LogP contribution is -2.38. The Balaban J connectivity index is 1.95. The Bertz CT molecular complexity index is 182. The molecule has 1 atom stereocenters. The van der Waals surface area contributed by atoms with Crippen molar-refractivity contribution in [2.24, 2.45) is 0 Å². The highest BCUT2D eigenvalue weighted by molar-refractivity contribution is 4.68. The second-order valence-corrected chi connectivity index (χ2v) is 5.30. The van der Waals surface area contributed by atoms with Gasteiger partial charge in [-0.25, -0.2) is 0 Å². The van der Waals surface area contributed by atoms with Gasteiger partial charge in [-0.2, -0.15) is 0 Å². The van der Waals surface area contributed by atoms with Gasteiger partial charge in [0.2, 0.25) is 0 Å². The second-order valence-electron chi connectivity index (χ2n) is 5.30. The lowest BCUT2D eigenvalue weighted by molar-refractivity contribution is -0.00122. The molecule has 0 aromatic carbocycles. The van der Waals surface area contributed by atoms with E-state index in [0.29, 0.717) is 6.10 Å². The zero-order valence-corrected chi connectivity index (χ0v) is 11.7. The minimum Gasteiger partial charge on any atom is -0.377 e. The monoisotopic (exact) mass is 243 g/mol. The normalized spacial score (nSPS) is 21.4. The molecule has 0 spiro atoms. The molecule has 1 heterocycles. The predicted octanol–water partition coefficient (Wildman–Crippen LogP) is 0.639. The molecule has 0 radical (unpaired) electrons. The Kier molecular flexibility index (Phi) is 7.77. The molecule has 0 amide bonds. The fraction of sp³-hybridized carbons (Fsp3) is 1.00. The van der Waals surface area contributed by atoms with Gasteiger partial charge in [-0.1, -0.05) is 0 Å². The van der Waals surface area contributed by atoms with Gasteiger partial charge >= 0.3 is 0 Å². The first-order valence-corrected chi connectivity index (χ1v) is 6.84. The smallest absolute Gasteiger partial charge is 0.0701 e. The van der Waals surface area contributed by atoms with Crippen molar-refractivity contribution in [1.29, 1.82) is 0 Å². The van der Waals surface area contributed by atoms with Gasteiger partial charge in [0.25, 0.3) is 0 Å². The number of hydrogen-bond acceptors (Lipinski definition) is 4. The van der Waals surface area contributed by atoms with Gasteiger partial charge in [0, 0.05) is 39.3 Å². The Labute approximate surface area is 106 Å². The van der Waals surface area contributed by atoms with Crippen LogP contribution in [0.3, 0.4) is 0 Å². The number of rotatable bonds is 8. The highest BCUT2D eigenvalue weighted by Crippen LogP contribution is 2.12. The lowest BCUT2D eigenvalue weighted by atomic mass is 10.1. The Morgan fingerprint density at radius 3 is 2.53 bits per heavy atom. The van der Waals surface area contributed by atoms with E-state index in [2.05, 4.69) is 36.3 Å². The van der Waals surface area contributed by atoms with Crippen LogP contribution in [-0.2, 0) is 4.74 Å². The van der Waals surface area contributed by atoms with Gasteiger partial charge in [0.1, 0.15) is 0 Å². The third kappa shape index (κ3) is 7.71. The molecule has 102 valence electrons. The van der Waals surface area contributed by atoms with Gasteiger partial charge in [-0.3, -0.25) is 0 Å². The summed E-state index contributed by atoms with van der Waals surface area (Å²) in [5.74, 6) is 0. The van der Waals surface area contributed by atoms with E-state index >= 15 is 0 Å². The van der Waals surface area contributed by atoms with E-state index in [1.807, 2.05) is 0 Å². The third-order valence-corrected chi connectivity index (χ3v) is 3.20. The Morgan fingerprint density at radius 1 is 1.12 bits per heavy atom. The van der Waals surface area contributed by atoms with Crippen molar-refractivity contribution in [3.05, 3.63) is 0 Å². The van der Waals surface area contributed by atoms with Crippen LogP contribution in [0.15, 0.2) is 0 Å². The van der Waals surface area contributed by atoms with Gasteiger partial charge in [0.15, 0.2) is 0 Å². The molecule has 17 heavy (non-hydrogen) atoms. The highest BCUT2D eigenvalue weighted by atomic mass is 16.5. The summed E-state index contributed by atoms with van der Waals surface area (Å²) in [6, 6.07) is 0. The van der Waals surface area contributed by atoms with Crippen molar-refractivity contribution >= 4 is 0 Å². The second kappa shape index (κ2) is 8.86. The Hall–Kier alpha value is -0.160. The third-order valence-electron chi connectivity index (χ3n) is 3.20. The van der Waals surface area contributed by atoms with Gasteiger partial charge in [-0.15, -0.1) is 0 Å². The quantitative estimate of drug-likeness (QED) is 0.633. The summed E-state index contributed by atoms with van der Waals surface area (Å²) in [4.78, 5) is 4.57. The van der Waals surface area contributed by atoms with E-state index in [-0.39, 0.29) is 0 Å². The standard InChI is InChI=1S/C13H29N3O/c1-15(2)9-7-14-8-10-16(3)12-13-6-4-5-11-17-13/h13-14H,4-12H2,1-3H3. The number of nitrogens with one attached hydrogen (secondary N) is 1. The summed E-state index contributed by atoms with van der Waals surface area (Å²) in [5, 5.41) is 3.46.